The van der Waals surface area contributed by atoms with Crippen LogP contribution in [0, 0.1) is 17.8 Å². The quantitative estimate of drug-likeness (QED) is 0.396. The normalized spacial score (nSPS) is 24.4. The molecule has 3 atom stereocenters. The fourth-order valence-corrected chi connectivity index (χ4v) is 6.50. The van der Waals surface area contributed by atoms with Crippen molar-refractivity contribution in [1.82, 2.24) is 15.3 Å². The average Bonchev–Trinajstić information content (AvgIpc) is 3.57. The van der Waals surface area contributed by atoms with Crippen LogP contribution in [0.5, 0.6) is 0 Å². The van der Waals surface area contributed by atoms with Gasteiger partial charge in [-0.1, -0.05) is 44.2 Å². The number of fused-ring (bicyclic) bond motifs is 3. The number of imidazole rings is 1. The lowest BCUT2D eigenvalue weighted by Gasteiger charge is -2.20. The van der Waals surface area contributed by atoms with Crippen LogP contribution in [-0.4, -0.2) is 27.8 Å². The van der Waals surface area contributed by atoms with Crippen molar-refractivity contribution in [1.29, 1.82) is 0 Å². The summed E-state index contributed by atoms with van der Waals surface area (Å²) in [4.78, 5) is 33.6. The Morgan fingerprint density at radius 2 is 1.69 bits per heavy atom. The van der Waals surface area contributed by atoms with Gasteiger partial charge in [0.15, 0.2) is 0 Å². The molecule has 0 saturated heterocycles. The van der Waals surface area contributed by atoms with Crippen LogP contribution < -0.4 is 10.6 Å². The molecule has 0 aliphatic heterocycles. The van der Waals surface area contributed by atoms with Crippen molar-refractivity contribution < 1.29 is 9.59 Å². The van der Waals surface area contributed by atoms with E-state index in [-0.39, 0.29) is 17.7 Å². The van der Waals surface area contributed by atoms with E-state index in [4.69, 9.17) is 4.98 Å². The number of hydrogen-bond donors (Lipinski definition) is 3. The fourth-order valence-electron chi connectivity index (χ4n) is 6.50. The molecule has 1 heterocycles. The molecule has 2 aromatic carbocycles. The van der Waals surface area contributed by atoms with Crippen LogP contribution in [0.25, 0.3) is 22.4 Å². The van der Waals surface area contributed by atoms with E-state index >= 15 is 0 Å². The Balaban J connectivity index is 1.12. The second-order valence-corrected chi connectivity index (χ2v) is 10.8. The zero-order chi connectivity index (χ0) is 23.8. The predicted octanol–water partition coefficient (Wildman–Crippen LogP) is 6.06. The van der Waals surface area contributed by atoms with Crippen LogP contribution in [0.4, 0.5) is 5.69 Å². The van der Waals surface area contributed by atoms with Gasteiger partial charge in [0, 0.05) is 28.8 Å². The first-order valence-electron chi connectivity index (χ1n) is 13.3. The number of H-pyrrole nitrogens is 1. The number of aromatic amines is 1. The van der Waals surface area contributed by atoms with E-state index < -0.39 is 0 Å². The van der Waals surface area contributed by atoms with E-state index in [0.29, 0.717) is 17.5 Å². The van der Waals surface area contributed by atoms with Gasteiger partial charge in [-0.15, -0.1) is 0 Å². The molecule has 0 spiro atoms. The van der Waals surface area contributed by atoms with Gasteiger partial charge in [0.1, 0.15) is 5.82 Å². The molecule has 6 heteroatoms. The van der Waals surface area contributed by atoms with E-state index in [1.54, 1.807) is 0 Å². The summed E-state index contributed by atoms with van der Waals surface area (Å²) < 4.78 is 0. The third-order valence-electron chi connectivity index (χ3n) is 8.44. The summed E-state index contributed by atoms with van der Waals surface area (Å²) in [6.45, 7) is 0. The summed E-state index contributed by atoms with van der Waals surface area (Å²) in [7, 11) is 0. The summed E-state index contributed by atoms with van der Waals surface area (Å²) >= 11 is 0. The van der Waals surface area contributed by atoms with Crippen LogP contribution in [0.1, 0.15) is 74.6 Å². The Hall–Kier alpha value is -3.15. The largest absolute Gasteiger partial charge is 0.349 e. The van der Waals surface area contributed by atoms with Gasteiger partial charge >= 0.3 is 0 Å². The molecule has 3 fully saturated rings. The number of anilines is 1. The Labute approximate surface area is 206 Å². The SMILES string of the molecule is O=C(NC1CCCCCC1)c1ccc(-c2nc3ccc(NC(=O)C4CC5CCC4C5)cc3[nH]2)cc1. The monoisotopic (exact) mass is 470 g/mol. The molecule has 182 valence electrons. The minimum atomic E-state index is 0.00363. The van der Waals surface area contributed by atoms with Gasteiger partial charge in [0.25, 0.3) is 5.91 Å². The van der Waals surface area contributed by atoms with Crippen molar-refractivity contribution in [3.8, 4) is 11.4 Å². The first kappa shape index (κ1) is 22.3. The van der Waals surface area contributed by atoms with Gasteiger partial charge in [-0.3, -0.25) is 9.59 Å². The molecule has 2 bridgehead atoms. The highest BCUT2D eigenvalue weighted by Gasteiger charge is 2.43. The van der Waals surface area contributed by atoms with Crippen LogP contribution in [0.3, 0.4) is 0 Å². The predicted molar refractivity (Wildman–Crippen MR) is 138 cm³/mol. The molecule has 6 rings (SSSR count). The highest BCUT2D eigenvalue weighted by molar-refractivity contribution is 5.96. The fraction of sp³-hybridized carbons (Fsp3) is 0.483. The smallest absolute Gasteiger partial charge is 0.251 e. The summed E-state index contributed by atoms with van der Waals surface area (Å²) in [5.41, 5.74) is 4.17. The number of aromatic nitrogens is 2. The van der Waals surface area contributed by atoms with E-state index in [0.717, 1.165) is 53.3 Å². The Kier molecular flexibility index (Phi) is 6.05. The van der Waals surface area contributed by atoms with Crippen LogP contribution >= 0.6 is 0 Å². The minimum Gasteiger partial charge on any atom is -0.349 e. The Morgan fingerprint density at radius 3 is 2.40 bits per heavy atom. The number of amides is 2. The van der Waals surface area contributed by atoms with E-state index in [1.165, 1.54) is 44.9 Å². The molecule has 2 amide bonds. The molecule has 6 nitrogen and oxygen atoms in total. The molecule has 3 aliphatic rings. The third kappa shape index (κ3) is 4.71. The highest BCUT2D eigenvalue weighted by Crippen LogP contribution is 2.48. The molecule has 3 aromatic rings. The number of nitrogens with one attached hydrogen (secondary N) is 3. The number of carbonyl (C=O) groups excluding carboxylic acids is 2. The minimum absolute atomic E-state index is 0.00363. The molecule has 3 N–H and O–H groups in total. The Morgan fingerprint density at radius 1 is 0.886 bits per heavy atom. The van der Waals surface area contributed by atoms with Gasteiger partial charge in [0.2, 0.25) is 5.91 Å². The van der Waals surface area contributed by atoms with E-state index in [9.17, 15) is 9.59 Å². The number of benzene rings is 2. The molecule has 35 heavy (non-hydrogen) atoms. The average molecular weight is 471 g/mol. The molecule has 3 aliphatic carbocycles. The Bertz CT molecular complexity index is 1220. The summed E-state index contributed by atoms with van der Waals surface area (Å²) in [6.07, 6.45) is 11.9. The second-order valence-electron chi connectivity index (χ2n) is 10.8. The first-order valence-corrected chi connectivity index (χ1v) is 13.3. The van der Waals surface area contributed by atoms with Crippen molar-refractivity contribution in [2.24, 2.45) is 17.8 Å². The summed E-state index contributed by atoms with van der Waals surface area (Å²) in [5, 5.41) is 6.35. The number of carbonyl (C=O) groups is 2. The van der Waals surface area contributed by atoms with E-state index in [1.807, 2.05) is 42.5 Å². The molecular formula is C29H34N4O2. The van der Waals surface area contributed by atoms with Crippen molar-refractivity contribution in [3.05, 3.63) is 48.0 Å². The zero-order valence-electron chi connectivity index (χ0n) is 20.2. The van der Waals surface area contributed by atoms with Crippen LogP contribution in [0.2, 0.25) is 0 Å². The topological polar surface area (TPSA) is 86.9 Å². The molecule has 1 aromatic heterocycles. The molecular weight excluding hydrogens is 436 g/mol. The lowest BCUT2D eigenvalue weighted by Crippen LogP contribution is -2.34. The van der Waals surface area contributed by atoms with Gasteiger partial charge < -0.3 is 15.6 Å². The lowest BCUT2D eigenvalue weighted by atomic mass is 9.88. The third-order valence-corrected chi connectivity index (χ3v) is 8.44. The van der Waals surface area contributed by atoms with Gasteiger partial charge in [-0.25, -0.2) is 4.98 Å². The summed E-state index contributed by atoms with van der Waals surface area (Å²) in [5.74, 6) is 2.41. The number of nitrogens with zero attached hydrogens (tertiary/aromatic N) is 1. The van der Waals surface area contributed by atoms with E-state index in [2.05, 4.69) is 15.6 Å². The highest BCUT2D eigenvalue weighted by atomic mass is 16.2. The lowest BCUT2D eigenvalue weighted by molar-refractivity contribution is -0.121. The van der Waals surface area contributed by atoms with Crippen molar-refractivity contribution >= 4 is 28.5 Å². The molecule has 0 radical (unpaired) electrons. The molecule has 3 unspecified atom stereocenters. The number of hydrogen-bond acceptors (Lipinski definition) is 3. The second kappa shape index (κ2) is 9.48. The van der Waals surface area contributed by atoms with Crippen molar-refractivity contribution in [2.45, 2.75) is 70.3 Å². The van der Waals surface area contributed by atoms with Crippen molar-refractivity contribution in [2.75, 3.05) is 5.32 Å². The van der Waals surface area contributed by atoms with Gasteiger partial charge in [-0.2, -0.15) is 0 Å². The van der Waals surface area contributed by atoms with Gasteiger partial charge in [0.05, 0.1) is 11.0 Å². The maximum Gasteiger partial charge on any atom is 0.251 e. The maximum atomic E-state index is 12.8. The zero-order valence-corrected chi connectivity index (χ0v) is 20.2. The number of rotatable bonds is 5. The first-order chi connectivity index (χ1) is 17.1. The van der Waals surface area contributed by atoms with Crippen LogP contribution in [-0.2, 0) is 4.79 Å². The molecule has 3 saturated carbocycles. The summed E-state index contributed by atoms with van der Waals surface area (Å²) in [6, 6.07) is 13.8. The van der Waals surface area contributed by atoms with Crippen molar-refractivity contribution in [3.63, 3.8) is 0 Å². The standard InChI is InChI=1S/C29H34N4O2/c34-28(30-22-5-3-1-2-4-6-22)20-11-9-19(10-12-20)27-32-25-14-13-23(17-26(25)33-27)31-29(35)24-16-18-7-8-21(24)15-18/h9-14,17-18,21-22,24H,1-8,15-16H2,(H,30,34)(H,31,35)(H,32,33). The maximum absolute atomic E-state index is 12.8. The van der Waals surface area contributed by atoms with Crippen LogP contribution in [0.15, 0.2) is 42.5 Å². The van der Waals surface area contributed by atoms with Gasteiger partial charge in [-0.05, 0) is 74.3 Å².